The van der Waals surface area contributed by atoms with Gasteiger partial charge in [0.05, 0.1) is 0 Å². The zero-order chi connectivity index (χ0) is 19.0. The van der Waals surface area contributed by atoms with Gasteiger partial charge >= 0.3 is 0 Å². The number of nitrogens with zero attached hydrogens (tertiary/aromatic N) is 3. The minimum Gasteiger partial charge on any atom is -0.360 e. The average Bonchev–Trinajstić information content (AvgIpc) is 3.39. The predicted octanol–water partition coefficient (Wildman–Crippen LogP) is 0.285. The molecule has 150 valence electrons. The zero-order valence-electron chi connectivity index (χ0n) is 15.6. The van der Waals surface area contributed by atoms with Crippen molar-refractivity contribution in [3.05, 3.63) is 17.5 Å². The van der Waals surface area contributed by atoms with Crippen LogP contribution in [-0.4, -0.2) is 72.9 Å². The molecule has 9 nitrogen and oxygen atoms in total. The van der Waals surface area contributed by atoms with Crippen LogP contribution in [0.4, 0.5) is 0 Å². The van der Waals surface area contributed by atoms with E-state index in [0.29, 0.717) is 57.2 Å². The van der Waals surface area contributed by atoms with Crippen molar-refractivity contribution in [1.29, 1.82) is 0 Å². The minimum atomic E-state index is -3.45. The Morgan fingerprint density at radius 2 is 2.00 bits per heavy atom. The van der Waals surface area contributed by atoms with Crippen LogP contribution in [0.5, 0.6) is 0 Å². The topological polar surface area (TPSA) is 108 Å². The molecule has 0 spiro atoms. The third kappa shape index (κ3) is 4.03. The van der Waals surface area contributed by atoms with Crippen molar-refractivity contribution in [1.82, 2.24) is 24.4 Å². The van der Waals surface area contributed by atoms with Crippen LogP contribution in [0.1, 0.15) is 54.8 Å². The van der Waals surface area contributed by atoms with E-state index in [1.54, 1.807) is 14.7 Å². The number of piperazine rings is 1. The van der Waals surface area contributed by atoms with Crippen LogP contribution in [0, 0.1) is 0 Å². The third-order valence-corrected chi connectivity index (χ3v) is 7.74. The quantitative estimate of drug-likeness (QED) is 0.739. The minimum absolute atomic E-state index is 0.0666. The molecular weight excluding hydrogens is 370 g/mol. The van der Waals surface area contributed by atoms with Crippen molar-refractivity contribution >= 4 is 16.1 Å². The number of amides is 1. The molecule has 1 saturated carbocycles. The Balaban J connectivity index is 1.34. The first-order chi connectivity index (χ1) is 12.9. The van der Waals surface area contributed by atoms with Crippen LogP contribution in [0.2, 0.25) is 0 Å². The van der Waals surface area contributed by atoms with Crippen molar-refractivity contribution in [2.75, 3.05) is 32.7 Å². The summed E-state index contributed by atoms with van der Waals surface area (Å²) in [6.07, 6.45) is 3.36. The number of rotatable bonds is 5. The van der Waals surface area contributed by atoms with Gasteiger partial charge in [-0.1, -0.05) is 5.16 Å². The highest BCUT2D eigenvalue weighted by atomic mass is 32.2. The Hall–Kier alpha value is -1.49. The van der Waals surface area contributed by atoms with E-state index in [0.717, 1.165) is 18.6 Å². The molecule has 1 aromatic rings. The normalized spacial score (nSPS) is 28.2. The van der Waals surface area contributed by atoms with Gasteiger partial charge in [-0.3, -0.25) is 4.79 Å². The van der Waals surface area contributed by atoms with E-state index in [9.17, 15) is 13.2 Å². The average molecular weight is 398 g/mol. The molecule has 2 saturated heterocycles. The van der Waals surface area contributed by atoms with Crippen LogP contribution in [0.3, 0.4) is 0 Å². The van der Waals surface area contributed by atoms with Crippen LogP contribution in [-0.2, 0) is 10.2 Å². The van der Waals surface area contributed by atoms with E-state index >= 15 is 0 Å². The van der Waals surface area contributed by atoms with E-state index in [2.05, 4.69) is 15.8 Å². The molecule has 1 aliphatic carbocycles. The Morgan fingerprint density at radius 1 is 1.26 bits per heavy atom. The molecule has 0 unspecified atom stereocenters. The molecule has 4 rings (SSSR count). The maximum atomic E-state index is 12.9. The molecule has 3 aliphatic rings. The summed E-state index contributed by atoms with van der Waals surface area (Å²) in [4.78, 5) is 12.4. The van der Waals surface area contributed by atoms with Gasteiger partial charge in [-0.15, -0.1) is 0 Å². The summed E-state index contributed by atoms with van der Waals surface area (Å²) in [5.74, 6) is 0.948. The number of aromatic nitrogens is 1. The standard InChI is InChI=1S/C17H27N5O4S/c1-12-10-14(19-17(23)15-11-16(26-20-15)13-2-3-13)4-7-22(12)27(24,25)21-8-5-18-6-9-21/h11-14,18H,2-10H2,1H3,(H,19,23)/t12-,14+/m1/s1. The number of carbonyl (C=O) groups excluding carboxylic acids is 1. The molecule has 0 bridgehead atoms. The number of hydrogen-bond acceptors (Lipinski definition) is 6. The van der Waals surface area contributed by atoms with Gasteiger partial charge in [0.2, 0.25) is 0 Å². The van der Waals surface area contributed by atoms with Crippen LogP contribution in [0.25, 0.3) is 0 Å². The predicted molar refractivity (Wildman–Crippen MR) is 98.5 cm³/mol. The molecule has 1 aromatic heterocycles. The van der Waals surface area contributed by atoms with E-state index in [1.807, 2.05) is 6.92 Å². The lowest BCUT2D eigenvalue weighted by Crippen LogP contribution is -2.57. The molecule has 27 heavy (non-hydrogen) atoms. The van der Waals surface area contributed by atoms with Crippen molar-refractivity contribution in [3.8, 4) is 0 Å². The van der Waals surface area contributed by atoms with Gasteiger partial charge in [0, 0.05) is 56.8 Å². The summed E-state index contributed by atoms with van der Waals surface area (Å²) in [7, 11) is -3.45. The number of nitrogens with one attached hydrogen (secondary N) is 2. The first-order valence-electron chi connectivity index (χ1n) is 9.70. The second-order valence-electron chi connectivity index (χ2n) is 7.70. The van der Waals surface area contributed by atoms with E-state index in [4.69, 9.17) is 4.52 Å². The fourth-order valence-corrected chi connectivity index (χ4v) is 5.68. The summed E-state index contributed by atoms with van der Waals surface area (Å²) in [6.45, 7) is 4.67. The van der Waals surface area contributed by atoms with Gasteiger partial charge in [0.1, 0.15) is 5.76 Å². The zero-order valence-corrected chi connectivity index (χ0v) is 16.4. The highest BCUT2D eigenvalue weighted by Crippen LogP contribution is 2.40. The molecular formula is C17H27N5O4S. The Bertz CT molecular complexity index is 785. The summed E-state index contributed by atoms with van der Waals surface area (Å²) in [6, 6.07) is 1.49. The first kappa shape index (κ1) is 18.9. The fourth-order valence-electron chi connectivity index (χ4n) is 3.86. The third-order valence-electron chi connectivity index (χ3n) is 5.59. The summed E-state index contributed by atoms with van der Waals surface area (Å²) < 4.78 is 34.1. The molecule has 0 aromatic carbocycles. The Morgan fingerprint density at radius 3 is 2.67 bits per heavy atom. The lowest BCUT2D eigenvalue weighted by Gasteiger charge is -2.40. The Labute approximate surface area is 159 Å². The fraction of sp³-hybridized carbons (Fsp3) is 0.765. The number of piperidine rings is 1. The van der Waals surface area contributed by atoms with Gasteiger partial charge < -0.3 is 15.2 Å². The number of hydrogen-bond donors (Lipinski definition) is 2. The van der Waals surface area contributed by atoms with E-state index in [1.165, 1.54) is 0 Å². The first-order valence-corrected chi connectivity index (χ1v) is 11.1. The van der Waals surface area contributed by atoms with Gasteiger partial charge in [-0.05, 0) is 32.6 Å². The molecule has 1 amide bonds. The summed E-state index contributed by atoms with van der Waals surface area (Å²) in [5, 5.41) is 10.0. The van der Waals surface area contributed by atoms with Crippen molar-refractivity contribution < 1.29 is 17.7 Å². The molecule has 3 heterocycles. The lowest BCUT2D eigenvalue weighted by molar-refractivity contribution is 0.0903. The molecule has 2 atom stereocenters. The second-order valence-corrected chi connectivity index (χ2v) is 9.58. The van der Waals surface area contributed by atoms with Crippen molar-refractivity contribution in [2.45, 2.75) is 50.6 Å². The smallest absolute Gasteiger partial charge is 0.282 e. The Kier molecular flexibility index (Phi) is 5.23. The molecule has 0 radical (unpaired) electrons. The van der Waals surface area contributed by atoms with Crippen molar-refractivity contribution in [2.24, 2.45) is 0 Å². The van der Waals surface area contributed by atoms with E-state index < -0.39 is 10.2 Å². The second kappa shape index (κ2) is 7.50. The van der Waals surface area contributed by atoms with Gasteiger partial charge in [0.25, 0.3) is 16.1 Å². The van der Waals surface area contributed by atoms with Crippen LogP contribution in [0.15, 0.2) is 10.6 Å². The molecule has 10 heteroatoms. The van der Waals surface area contributed by atoms with Crippen LogP contribution >= 0.6 is 0 Å². The lowest BCUT2D eigenvalue weighted by atomic mass is 10.0. The maximum Gasteiger partial charge on any atom is 0.282 e. The van der Waals surface area contributed by atoms with Gasteiger partial charge in [-0.2, -0.15) is 17.0 Å². The maximum absolute atomic E-state index is 12.9. The SMILES string of the molecule is C[C@@H]1C[C@@H](NC(=O)c2cc(C3CC3)on2)CCN1S(=O)(=O)N1CCNCC1. The molecule has 3 fully saturated rings. The van der Waals surface area contributed by atoms with Gasteiger partial charge in [0.15, 0.2) is 5.69 Å². The van der Waals surface area contributed by atoms with Crippen LogP contribution < -0.4 is 10.6 Å². The monoisotopic (exact) mass is 397 g/mol. The summed E-state index contributed by atoms with van der Waals surface area (Å²) >= 11 is 0. The van der Waals surface area contributed by atoms with E-state index in [-0.39, 0.29) is 18.0 Å². The van der Waals surface area contributed by atoms with Crippen molar-refractivity contribution in [3.63, 3.8) is 0 Å². The summed E-state index contributed by atoms with van der Waals surface area (Å²) in [5.41, 5.74) is 0.306. The largest absolute Gasteiger partial charge is 0.360 e. The van der Waals surface area contributed by atoms with Gasteiger partial charge in [-0.25, -0.2) is 0 Å². The highest BCUT2D eigenvalue weighted by molar-refractivity contribution is 7.86. The number of carbonyl (C=O) groups is 1. The molecule has 2 N–H and O–H groups in total. The molecule has 2 aliphatic heterocycles. The highest BCUT2D eigenvalue weighted by Gasteiger charge is 2.38.